The number of hydrogen-bond donors (Lipinski definition) is 2. The van der Waals surface area contributed by atoms with E-state index in [0.717, 1.165) is 0 Å². The predicted molar refractivity (Wildman–Crippen MR) is 72.4 cm³/mol. The van der Waals surface area contributed by atoms with Gasteiger partial charge in [0, 0.05) is 10.7 Å². The Bertz CT molecular complexity index is 684. The van der Waals surface area contributed by atoms with Crippen molar-refractivity contribution in [2.45, 2.75) is 12.5 Å². The first-order chi connectivity index (χ1) is 9.63. The van der Waals surface area contributed by atoms with Crippen LogP contribution in [-0.2, 0) is 9.59 Å². The minimum absolute atomic E-state index is 0.0191. The Hall–Kier alpha value is -2.41. The van der Waals surface area contributed by atoms with Crippen molar-refractivity contribution in [2.24, 2.45) is 0 Å². The molecule has 3 rings (SSSR count). The lowest BCUT2D eigenvalue weighted by Crippen LogP contribution is -2.23. The summed E-state index contributed by atoms with van der Waals surface area (Å²) < 4.78 is 1.40. The highest BCUT2D eigenvalue weighted by Gasteiger charge is 2.33. The molecule has 0 fully saturated rings. The topological polar surface area (TPSA) is 88.9 Å². The first kappa shape index (κ1) is 12.6. The minimum atomic E-state index is -0.674. The van der Waals surface area contributed by atoms with Crippen LogP contribution in [0.5, 0.6) is 0 Å². The van der Waals surface area contributed by atoms with Gasteiger partial charge in [0.15, 0.2) is 0 Å². The van der Waals surface area contributed by atoms with E-state index < -0.39 is 6.04 Å². The number of rotatable bonds is 3. The summed E-state index contributed by atoms with van der Waals surface area (Å²) in [5.74, 6) is -0.229. The number of carbonyl (C=O) groups excluding carboxylic acids is 2. The minimum Gasteiger partial charge on any atom is -0.326 e. The van der Waals surface area contributed by atoms with Crippen LogP contribution in [0.15, 0.2) is 30.6 Å². The molecule has 20 heavy (non-hydrogen) atoms. The second kappa shape index (κ2) is 4.93. The normalized spacial score (nSPS) is 16.6. The molecule has 0 aliphatic carbocycles. The third-order valence-corrected chi connectivity index (χ3v) is 3.13. The highest BCUT2D eigenvalue weighted by molar-refractivity contribution is 6.30. The number of aromatic nitrogens is 3. The van der Waals surface area contributed by atoms with Crippen LogP contribution in [-0.4, -0.2) is 26.6 Å². The first-order valence-electron chi connectivity index (χ1n) is 5.89. The fourth-order valence-corrected chi connectivity index (χ4v) is 2.20. The van der Waals surface area contributed by atoms with Crippen LogP contribution in [0.3, 0.4) is 0 Å². The molecule has 0 bridgehead atoms. The largest absolute Gasteiger partial charge is 0.326 e. The molecule has 1 aromatic carbocycles. The number of fused-ring (bicyclic) bond motifs is 1. The van der Waals surface area contributed by atoms with Gasteiger partial charge in [-0.2, -0.15) is 10.1 Å². The summed E-state index contributed by atoms with van der Waals surface area (Å²) in [6.07, 6.45) is 1.31. The van der Waals surface area contributed by atoms with Crippen molar-refractivity contribution in [2.75, 3.05) is 10.6 Å². The summed E-state index contributed by atoms with van der Waals surface area (Å²) in [5.41, 5.74) is 0.583. The quantitative estimate of drug-likeness (QED) is 0.896. The second-order valence-electron chi connectivity index (χ2n) is 4.30. The van der Waals surface area contributed by atoms with Gasteiger partial charge in [0.25, 0.3) is 5.91 Å². The Labute approximate surface area is 118 Å². The zero-order valence-electron chi connectivity index (χ0n) is 10.2. The van der Waals surface area contributed by atoms with Gasteiger partial charge in [0.2, 0.25) is 11.9 Å². The molecule has 7 nitrogen and oxygen atoms in total. The fraction of sp³-hybridized carbons (Fsp3) is 0.167. The maximum absolute atomic E-state index is 12.0. The van der Waals surface area contributed by atoms with Crippen LogP contribution in [0.25, 0.3) is 0 Å². The Balaban J connectivity index is 1.69. The van der Waals surface area contributed by atoms with Crippen LogP contribution < -0.4 is 10.6 Å². The maximum atomic E-state index is 12.0. The number of nitrogens with zero attached hydrogens (tertiary/aromatic N) is 3. The van der Waals surface area contributed by atoms with E-state index in [2.05, 4.69) is 20.7 Å². The number of anilines is 2. The summed E-state index contributed by atoms with van der Waals surface area (Å²) in [7, 11) is 0. The molecule has 0 saturated carbocycles. The summed E-state index contributed by atoms with van der Waals surface area (Å²) in [4.78, 5) is 27.6. The third-order valence-electron chi connectivity index (χ3n) is 2.89. The molecule has 1 aliphatic heterocycles. The van der Waals surface area contributed by atoms with E-state index in [1.165, 1.54) is 11.0 Å². The zero-order chi connectivity index (χ0) is 14.1. The maximum Gasteiger partial charge on any atom is 0.252 e. The monoisotopic (exact) mass is 291 g/mol. The number of benzene rings is 1. The Morgan fingerprint density at radius 1 is 1.50 bits per heavy atom. The van der Waals surface area contributed by atoms with Crippen LogP contribution in [0.1, 0.15) is 12.5 Å². The molecule has 2 N–H and O–H groups in total. The van der Waals surface area contributed by atoms with Crippen LogP contribution in [0, 0.1) is 0 Å². The predicted octanol–water partition coefficient (Wildman–Crippen LogP) is 1.45. The molecular weight excluding hydrogens is 282 g/mol. The lowest BCUT2D eigenvalue weighted by atomic mass is 10.2. The van der Waals surface area contributed by atoms with Crippen LogP contribution in [0.2, 0.25) is 5.02 Å². The molecule has 2 aromatic rings. The van der Waals surface area contributed by atoms with Crippen molar-refractivity contribution in [1.29, 1.82) is 0 Å². The Kier molecular flexibility index (Phi) is 3.11. The van der Waals surface area contributed by atoms with Crippen molar-refractivity contribution in [3.63, 3.8) is 0 Å². The van der Waals surface area contributed by atoms with Gasteiger partial charge in [-0.25, -0.2) is 4.68 Å². The molecule has 8 heteroatoms. The average Bonchev–Trinajstić information content (AvgIpc) is 2.93. The highest BCUT2D eigenvalue weighted by Crippen LogP contribution is 2.24. The molecule has 0 unspecified atom stereocenters. The molecule has 0 saturated heterocycles. The van der Waals surface area contributed by atoms with E-state index in [1.54, 1.807) is 24.3 Å². The van der Waals surface area contributed by atoms with Crippen molar-refractivity contribution < 1.29 is 9.59 Å². The van der Waals surface area contributed by atoms with Gasteiger partial charge in [-0.15, -0.1) is 0 Å². The van der Waals surface area contributed by atoms with Crippen molar-refractivity contribution in [3.8, 4) is 0 Å². The summed E-state index contributed by atoms with van der Waals surface area (Å²) in [5, 5.41) is 9.70. The molecule has 2 amide bonds. The van der Waals surface area contributed by atoms with Gasteiger partial charge in [-0.1, -0.05) is 17.7 Å². The number of halogens is 1. The second-order valence-corrected chi connectivity index (χ2v) is 4.73. The molecule has 1 aliphatic rings. The molecule has 2 heterocycles. The van der Waals surface area contributed by atoms with E-state index in [4.69, 9.17) is 11.6 Å². The smallest absolute Gasteiger partial charge is 0.252 e. The lowest BCUT2D eigenvalue weighted by molar-refractivity contribution is -0.123. The van der Waals surface area contributed by atoms with Crippen LogP contribution >= 0.6 is 11.6 Å². The summed E-state index contributed by atoms with van der Waals surface area (Å²) in [6.45, 7) is 0. The summed E-state index contributed by atoms with van der Waals surface area (Å²) in [6, 6.07) is 6.12. The Morgan fingerprint density at radius 2 is 2.35 bits per heavy atom. The van der Waals surface area contributed by atoms with E-state index in [9.17, 15) is 9.59 Å². The van der Waals surface area contributed by atoms with E-state index in [0.29, 0.717) is 16.7 Å². The lowest BCUT2D eigenvalue weighted by Gasteiger charge is -2.09. The van der Waals surface area contributed by atoms with Crippen molar-refractivity contribution in [1.82, 2.24) is 14.8 Å². The summed E-state index contributed by atoms with van der Waals surface area (Å²) >= 11 is 5.84. The number of carbonyl (C=O) groups is 2. The van der Waals surface area contributed by atoms with Crippen molar-refractivity contribution >= 4 is 35.1 Å². The molecular formula is C12H10ClN5O2. The SMILES string of the molecule is O=C(C[C@@H]1C(=O)Nc2ncnn21)Nc1cccc(Cl)c1. The third kappa shape index (κ3) is 2.35. The molecule has 102 valence electrons. The number of hydrogen-bond acceptors (Lipinski definition) is 4. The van der Waals surface area contributed by atoms with Crippen molar-refractivity contribution in [3.05, 3.63) is 35.6 Å². The zero-order valence-corrected chi connectivity index (χ0v) is 11.0. The van der Waals surface area contributed by atoms with Gasteiger partial charge >= 0.3 is 0 Å². The molecule has 0 radical (unpaired) electrons. The van der Waals surface area contributed by atoms with Crippen LogP contribution in [0.4, 0.5) is 11.6 Å². The van der Waals surface area contributed by atoms with Gasteiger partial charge in [0.05, 0.1) is 6.42 Å². The van der Waals surface area contributed by atoms with E-state index in [1.807, 2.05) is 0 Å². The van der Waals surface area contributed by atoms with Gasteiger partial charge in [0.1, 0.15) is 12.4 Å². The van der Waals surface area contributed by atoms with Gasteiger partial charge in [-0.05, 0) is 18.2 Å². The Morgan fingerprint density at radius 3 is 3.15 bits per heavy atom. The highest BCUT2D eigenvalue weighted by atomic mass is 35.5. The van der Waals surface area contributed by atoms with E-state index >= 15 is 0 Å². The number of amides is 2. The standard InChI is InChI=1S/C12H10ClN5O2/c13-7-2-1-3-8(4-7)16-10(19)5-9-11(20)17-12-14-6-15-18(9)12/h1-4,6,9H,5H2,(H,16,19)(H,14,15,17,20)/t9-/m1/s1. The van der Waals surface area contributed by atoms with Gasteiger partial charge in [-0.3, -0.25) is 14.9 Å². The molecule has 1 atom stereocenters. The first-order valence-corrected chi connectivity index (χ1v) is 6.27. The van der Waals surface area contributed by atoms with E-state index in [-0.39, 0.29) is 18.2 Å². The van der Waals surface area contributed by atoms with Gasteiger partial charge < -0.3 is 5.32 Å². The molecule has 1 aromatic heterocycles. The number of nitrogens with one attached hydrogen (secondary N) is 2. The molecule has 0 spiro atoms. The fourth-order valence-electron chi connectivity index (χ4n) is 2.01. The average molecular weight is 292 g/mol.